The van der Waals surface area contributed by atoms with E-state index in [2.05, 4.69) is 0 Å². The lowest BCUT2D eigenvalue weighted by molar-refractivity contribution is 0.00709. The Labute approximate surface area is 118 Å². The lowest BCUT2D eigenvalue weighted by atomic mass is 10.1. The van der Waals surface area contributed by atoms with Crippen molar-refractivity contribution in [1.29, 1.82) is 0 Å². The fraction of sp³-hybridized carbons (Fsp3) is 0.533. The predicted molar refractivity (Wildman–Crippen MR) is 73.2 cm³/mol. The average molecular weight is 281 g/mol. The number of hydrogen-bond acceptors (Lipinski definition) is 3. The highest BCUT2D eigenvalue weighted by molar-refractivity contribution is 5.94. The molecular formula is C15H20FNO3. The molecule has 1 aromatic rings. The summed E-state index contributed by atoms with van der Waals surface area (Å²) in [4.78, 5) is 13.7. The van der Waals surface area contributed by atoms with Crippen LogP contribution in [-0.2, 0) is 4.74 Å². The van der Waals surface area contributed by atoms with Crippen molar-refractivity contribution < 1.29 is 19.0 Å². The third-order valence-corrected chi connectivity index (χ3v) is 3.60. The van der Waals surface area contributed by atoms with Gasteiger partial charge in [0.1, 0.15) is 0 Å². The largest absolute Gasteiger partial charge is 0.505 e. The Morgan fingerprint density at radius 2 is 2.30 bits per heavy atom. The summed E-state index contributed by atoms with van der Waals surface area (Å²) in [5, 5.41) is 9.12. The van der Waals surface area contributed by atoms with E-state index in [1.165, 1.54) is 18.6 Å². The summed E-state index contributed by atoms with van der Waals surface area (Å²) in [6.07, 6.45) is 4.33. The van der Waals surface area contributed by atoms with Crippen LogP contribution in [0.5, 0.6) is 5.75 Å². The van der Waals surface area contributed by atoms with E-state index in [4.69, 9.17) is 9.84 Å². The van der Waals surface area contributed by atoms with Crippen LogP contribution in [0.4, 0.5) is 4.39 Å². The highest BCUT2D eigenvalue weighted by Gasteiger charge is 2.18. The van der Waals surface area contributed by atoms with Gasteiger partial charge in [0.15, 0.2) is 11.6 Å². The molecule has 5 heteroatoms. The molecule has 4 nitrogen and oxygen atoms in total. The molecule has 1 aromatic carbocycles. The minimum absolute atomic E-state index is 0.218. The topological polar surface area (TPSA) is 49.8 Å². The van der Waals surface area contributed by atoms with Gasteiger partial charge in [-0.1, -0.05) is 0 Å². The molecule has 0 aromatic heterocycles. The van der Waals surface area contributed by atoms with Gasteiger partial charge in [0, 0.05) is 25.8 Å². The number of phenols is 1. The van der Waals surface area contributed by atoms with Gasteiger partial charge in [-0.25, -0.2) is 4.39 Å². The second-order valence-corrected chi connectivity index (χ2v) is 5.17. The normalized spacial score (nSPS) is 18.8. The number of benzene rings is 1. The van der Waals surface area contributed by atoms with Gasteiger partial charge in [-0.05, 0) is 43.9 Å². The zero-order valence-electron chi connectivity index (χ0n) is 11.6. The van der Waals surface area contributed by atoms with E-state index < -0.39 is 11.6 Å². The SMILES string of the molecule is CN(CC[C@H]1CCCCO1)C(=O)c1ccc(O)c(F)c1. The summed E-state index contributed by atoms with van der Waals surface area (Å²) in [7, 11) is 1.69. The lowest BCUT2D eigenvalue weighted by Crippen LogP contribution is -2.31. The molecule has 0 spiro atoms. The Hall–Kier alpha value is -1.62. The number of amides is 1. The number of rotatable bonds is 4. The number of carbonyl (C=O) groups is 1. The van der Waals surface area contributed by atoms with Crippen LogP contribution in [0.25, 0.3) is 0 Å². The maximum absolute atomic E-state index is 13.2. The van der Waals surface area contributed by atoms with Gasteiger partial charge >= 0.3 is 0 Å². The summed E-state index contributed by atoms with van der Waals surface area (Å²) >= 11 is 0. The van der Waals surface area contributed by atoms with E-state index in [-0.39, 0.29) is 17.6 Å². The van der Waals surface area contributed by atoms with Crippen molar-refractivity contribution in [3.63, 3.8) is 0 Å². The van der Waals surface area contributed by atoms with Crippen molar-refractivity contribution in [2.24, 2.45) is 0 Å². The predicted octanol–water partition coefficient (Wildman–Crippen LogP) is 2.56. The second kappa shape index (κ2) is 6.70. The molecule has 1 atom stereocenters. The molecule has 1 aliphatic heterocycles. The minimum Gasteiger partial charge on any atom is -0.505 e. The summed E-state index contributed by atoms with van der Waals surface area (Å²) < 4.78 is 18.9. The molecule has 0 saturated carbocycles. The number of carbonyl (C=O) groups excluding carboxylic acids is 1. The molecule has 1 heterocycles. The molecule has 1 N–H and O–H groups in total. The van der Waals surface area contributed by atoms with Crippen molar-refractivity contribution in [2.45, 2.75) is 31.8 Å². The molecule has 0 aliphatic carbocycles. The third kappa shape index (κ3) is 3.70. The number of aromatic hydroxyl groups is 1. The van der Waals surface area contributed by atoms with Gasteiger partial charge in [0.05, 0.1) is 6.10 Å². The van der Waals surface area contributed by atoms with E-state index in [1.807, 2.05) is 0 Å². The Bertz CT molecular complexity index is 472. The van der Waals surface area contributed by atoms with Crippen molar-refractivity contribution in [3.8, 4) is 5.75 Å². The zero-order chi connectivity index (χ0) is 14.5. The minimum atomic E-state index is -0.778. The van der Waals surface area contributed by atoms with Crippen molar-refractivity contribution in [3.05, 3.63) is 29.6 Å². The molecule has 0 unspecified atom stereocenters. The van der Waals surface area contributed by atoms with Crippen LogP contribution in [0.15, 0.2) is 18.2 Å². The van der Waals surface area contributed by atoms with Gasteiger partial charge in [-0.15, -0.1) is 0 Å². The van der Waals surface area contributed by atoms with Crippen molar-refractivity contribution in [2.75, 3.05) is 20.2 Å². The van der Waals surface area contributed by atoms with E-state index in [1.54, 1.807) is 11.9 Å². The number of nitrogens with zero attached hydrogens (tertiary/aromatic N) is 1. The van der Waals surface area contributed by atoms with Gasteiger partial charge in [0.25, 0.3) is 5.91 Å². The van der Waals surface area contributed by atoms with Crippen LogP contribution in [0.3, 0.4) is 0 Å². The second-order valence-electron chi connectivity index (χ2n) is 5.17. The van der Waals surface area contributed by atoms with Crippen LogP contribution in [-0.4, -0.2) is 42.2 Å². The Morgan fingerprint density at radius 3 is 2.95 bits per heavy atom. The molecular weight excluding hydrogens is 261 g/mol. The van der Waals surface area contributed by atoms with Crippen LogP contribution in [0.1, 0.15) is 36.0 Å². The highest BCUT2D eigenvalue weighted by atomic mass is 19.1. The Kier molecular flexibility index (Phi) is 4.95. The quantitative estimate of drug-likeness (QED) is 0.922. The number of hydrogen-bond donors (Lipinski definition) is 1. The van der Waals surface area contributed by atoms with Crippen LogP contribution in [0, 0.1) is 5.82 Å². The van der Waals surface area contributed by atoms with Crippen LogP contribution in [0.2, 0.25) is 0 Å². The standard InChI is InChI=1S/C15H20FNO3/c1-17(8-7-12-4-2-3-9-20-12)15(19)11-5-6-14(18)13(16)10-11/h5-6,10,12,18H,2-4,7-9H2,1H3/t12-/m1/s1. The fourth-order valence-corrected chi connectivity index (χ4v) is 2.33. The zero-order valence-corrected chi connectivity index (χ0v) is 11.6. The number of halogens is 1. The van der Waals surface area contributed by atoms with Gasteiger partial charge in [-0.3, -0.25) is 4.79 Å². The van der Waals surface area contributed by atoms with Gasteiger partial charge < -0.3 is 14.7 Å². The molecule has 1 saturated heterocycles. The highest BCUT2D eigenvalue weighted by Crippen LogP contribution is 2.18. The maximum Gasteiger partial charge on any atom is 0.253 e. The van der Waals surface area contributed by atoms with Crippen molar-refractivity contribution >= 4 is 5.91 Å². The van der Waals surface area contributed by atoms with E-state index in [0.717, 1.165) is 31.9 Å². The first-order valence-electron chi connectivity index (χ1n) is 6.93. The smallest absolute Gasteiger partial charge is 0.253 e. The maximum atomic E-state index is 13.2. The lowest BCUT2D eigenvalue weighted by Gasteiger charge is -2.25. The molecule has 1 fully saturated rings. The Morgan fingerprint density at radius 1 is 1.50 bits per heavy atom. The fourth-order valence-electron chi connectivity index (χ4n) is 2.33. The molecule has 1 amide bonds. The summed E-state index contributed by atoms with van der Waals surface area (Å²) in [5.41, 5.74) is 0.243. The summed E-state index contributed by atoms with van der Waals surface area (Å²) in [6, 6.07) is 3.68. The summed E-state index contributed by atoms with van der Waals surface area (Å²) in [5.74, 6) is -1.47. The molecule has 0 radical (unpaired) electrons. The first-order chi connectivity index (χ1) is 9.58. The molecule has 0 bridgehead atoms. The Balaban J connectivity index is 1.89. The van der Waals surface area contributed by atoms with Crippen molar-refractivity contribution in [1.82, 2.24) is 4.90 Å². The monoisotopic (exact) mass is 281 g/mol. The molecule has 20 heavy (non-hydrogen) atoms. The first kappa shape index (κ1) is 14.8. The third-order valence-electron chi connectivity index (χ3n) is 3.60. The number of ether oxygens (including phenoxy) is 1. The first-order valence-corrected chi connectivity index (χ1v) is 6.93. The average Bonchev–Trinajstić information content (AvgIpc) is 2.48. The van der Waals surface area contributed by atoms with Crippen LogP contribution < -0.4 is 0 Å². The van der Waals surface area contributed by atoms with E-state index in [9.17, 15) is 9.18 Å². The summed E-state index contributed by atoms with van der Waals surface area (Å²) in [6.45, 7) is 1.37. The molecule has 110 valence electrons. The molecule has 2 rings (SSSR count). The van der Waals surface area contributed by atoms with Gasteiger partial charge in [-0.2, -0.15) is 0 Å². The van der Waals surface area contributed by atoms with E-state index >= 15 is 0 Å². The van der Waals surface area contributed by atoms with Gasteiger partial charge in [0.2, 0.25) is 0 Å². The van der Waals surface area contributed by atoms with E-state index in [0.29, 0.717) is 6.54 Å². The molecule has 1 aliphatic rings. The number of phenolic OH excluding ortho intramolecular Hbond substituents is 1. The van der Waals surface area contributed by atoms with Crippen LogP contribution >= 0.6 is 0 Å².